The summed E-state index contributed by atoms with van der Waals surface area (Å²) in [5.74, 6) is 0.530. The average molecular weight is 231 g/mol. The van der Waals surface area contributed by atoms with Crippen LogP contribution >= 0.6 is 11.6 Å². The summed E-state index contributed by atoms with van der Waals surface area (Å²) in [6.45, 7) is 9.59. The Balaban J connectivity index is 2.62. The van der Waals surface area contributed by atoms with Crippen molar-refractivity contribution in [2.45, 2.75) is 46.2 Å². The highest BCUT2D eigenvalue weighted by atomic mass is 35.5. The fraction of sp³-hybridized carbons (Fsp3) is 0.727. The van der Waals surface area contributed by atoms with E-state index in [0.29, 0.717) is 12.5 Å². The van der Waals surface area contributed by atoms with Crippen LogP contribution < -0.4 is 0 Å². The highest BCUT2D eigenvalue weighted by Crippen LogP contribution is 2.15. The normalized spacial score (nSPS) is 11.3. The molecule has 0 saturated carbocycles. The Kier molecular flexibility index (Phi) is 4.61. The third kappa shape index (κ3) is 3.21. The highest BCUT2D eigenvalue weighted by molar-refractivity contribution is 6.17. The Morgan fingerprint density at radius 3 is 2.53 bits per heavy atom. The summed E-state index contributed by atoms with van der Waals surface area (Å²) < 4.78 is 7.46. The van der Waals surface area contributed by atoms with Crippen molar-refractivity contribution in [2.24, 2.45) is 0 Å². The van der Waals surface area contributed by atoms with Crippen LogP contribution in [0.2, 0.25) is 0 Å². The molecule has 0 fully saturated rings. The van der Waals surface area contributed by atoms with Crippen LogP contribution in [0.5, 0.6) is 0 Å². The molecule has 86 valence electrons. The van der Waals surface area contributed by atoms with Crippen LogP contribution in [0.15, 0.2) is 0 Å². The first-order chi connectivity index (χ1) is 7.06. The van der Waals surface area contributed by atoms with Gasteiger partial charge in [0.05, 0.1) is 30.8 Å². The lowest BCUT2D eigenvalue weighted by Crippen LogP contribution is -2.12. The summed E-state index contributed by atoms with van der Waals surface area (Å²) in [6.07, 6.45) is 0.273. The predicted octanol–water partition coefficient (Wildman–Crippen LogP) is 2.66. The summed E-state index contributed by atoms with van der Waals surface area (Å²) >= 11 is 5.85. The summed E-state index contributed by atoms with van der Waals surface area (Å²) in [6, 6.07) is 0. The second-order valence-electron chi connectivity index (χ2n) is 3.93. The predicted molar refractivity (Wildman–Crippen MR) is 62.3 cm³/mol. The van der Waals surface area contributed by atoms with Crippen molar-refractivity contribution < 1.29 is 4.74 Å². The van der Waals surface area contributed by atoms with Gasteiger partial charge in [0.25, 0.3) is 0 Å². The van der Waals surface area contributed by atoms with Gasteiger partial charge in [-0.1, -0.05) is 0 Å². The maximum atomic E-state index is 5.85. The van der Waals surface area contributed by atoms with Crippen molar-refractivity contribution in [3.05, 3.63) is 17.0 Å². The third-order valence-electron chi connectivity index (χ3n) is 2.42. The zero-order valence-electron chi connectivity index (χ0n) is 9.88. The lowest BCUT2D eigenvalue weighted by Gasteiger charge is -2.08. The van der Waals surface area contributed by atoms with Gasteiger partial charge in [-0.3, -0.25) is 4.68 Å². The number of hydrogen-bond acceptors (Lipinski definition) is 2. The van der Waals surface area contributed by atoms with E-state index >= 15 is 0 Å². The molecule has 0 radical (unpaired) electrons. The molecule has 0 unspecified atom stereocenters. The number of aryl methyl sites for hydroxylation is 1. The van der Waals surface area contributed by atoms with Crippen molar-refractivity contribution in [3.63, 3.8) is 0 Å². The zero-order chi connectivity index (χ0) is 11.4. The minimum absolute atomic E-state index is 0.273. The fourth-order valence-corrected chi connectivity index (χ4v) is 1.91. The molecule has 0 aliphatic carbocycles. The van der Waals surface area contributed by atoms with Crippen LogP contribution in [0.4, 0.5) is 0 Å². The van der Waals surface area contributed by atoms with Crippen LogP contribution in [0.1, 0.15) is 30.8 Å². The van der Waals surface area contributed by atoms with E-state index in [0.717, 1.165) is 23.5 Å². The summed E-state index contributed by atoms with van der Waals surface area (Å²) in [5.41, 5.74) is 3.31. The van der Waals surface area contributed by atoms with E-state index < -0.39 is 0 Å². The molecule has 1 rings (SSSR count). The lowest BCUT2D eigenvalue weighted by atomic mass is 10.2. The summed E-state index contributed by atoms with van der Waals surface area (Å²) in [4.78, 5) is 0. The molecular weight excluding hydrogens is 212 g/mol. The van der Waals surface area contributed by atoms with E-state index in [-0.39, 0.29) is 6.10 Å². The summed E-state index contributed by atoms with van der Waals surface area (Å²) in [7, 11) is 0. The molecule has 4 heteroatoms. The molecule has 0 N–H and O–H groups in total. The van der Waals surface area contributed by atoms with Crippen LogP contribution in [0.25, 0.3) is 0 Å². The van der Waals surface area contributed by atoms with E-state index in [4.69, 9.17) is 16.3 Å². The van der Waals surface area contributed by atoms with Crippen LogP contribution in [-0.4, -0.2) is 22.5 Å². The number of alkyl halides is 1. The largest absolute Gasteiger partial charge is 0.377 e. The summed E-state index contributed by atoms with van der Waals surface area (Å²) in [5, 5.41) is 4.43. The first-order valence-corrected chi connectivity index (χ1v) is 5.80. The smallest absolute Gasteiger partial charge is 0.0666 e. The SMILES string of the molecule is Cc1nn(CCOC(C)C)c(C)c1CCl. The molecule has 0 aliphatic rings. The number of aromatic nitrogens is 2. The Morgan fingerprint density at radius 1 is 1.40 bits per heavy atom. The monoisotopic (exact) mass is 230 g/mol. The first kappa shape index (κ1) is 12.5. The van der Waals surface area contributed by atoms with Gasteiger partial charge in [-0.15, -0.1) is 11.6 Å². The van der Waals surface area contributed by atoms with Gasteiger partial charge in [0, 0.05) is 11.3 Å². The maximum Gasteiger partial charge on any atom is 0.0666 e. The second-order valence-corrected chi connectivity index (χ2v) is 4.19. The van der Waals surface area contributed by atoms with Gasteiger partial charge >= 0.3 is 0 Å². The number of rotatable bonds is 5. The van der Waals surface area contributed by atoms with Crippen LogP contribution in [0.3, 0.4) is 0 Å². The van der Waals surface area contributed by atoms with E-state index in [1.54, 1.807) is 0 Å². The number of halogens is 1. The molecule has 0 aliphatic heterocycles. The lowest BCUT2D eigenvalue weighted by molar-refractivity contribution is 0.0706. The molecule has 0 bridgehead atoms. The van der Waals surface area contributed by atoms with Crippen molar-refractivity contribution in [2.75, 3.05) is 6.61 Å². The molecule has 0 spiro atoms. The maximum absolute atomic E-state index is 5.85. The van der Waals surface area contributed by atoms with Crippen molar-refractivity contribution in [1.82, 2.24) is 9.78 Å². The van der Waals surface area contributed by atoms with Crippen molar-refractivity contribution in [1.29, 1.82) is 0 Å². The second kappa shape index (κ2) is 5.52. The van der Waals surface area contributed by atoms with Gasteiger partial charge in [0.15, 0.2) is 0 Å². The fourth-order valence-electron chi connectivity index (χ4n) is 1.52. The van der Waals surface area contributed by atoms with Gasteiger partial charge < -0.3 is 4.74 Å². The standard InChI is InChI=1S/C11H19ClN2O/c1-8(2)15-6-5-14-10(4)11(7-12)9(3)13-14/h8H,5-7H2,1-4H3. The number of hydrogen-bond donors (Lipinski definition) is 0. The van der Waals surface area contributed by atoms with E-state index in [1.807, 2.05) is 32.4 Å². The first-order valence-electron chi connectivity index (χ1n) is 5.26. The molecular formula is C11H19ClN2O. The molecule has 1 aromatic heterocycles. The van der Waals surface area contributed by atoms with Crippen molar-refractivity contribution in [3.8, 4) is 0 Å². The quantitative estimate of drug-likeness (QED) is 0.728. The Bertz CT molecular complexity index is 321. The Labute approximate surface area is 96.4 Å². The van der Waals surface area contributed by atoms with E-state index in [2.05, 4.69) is 5.10 Å². The molecule has 0 amide bonds. The van der Waals surface area contributed by atoms with Gasteiger partial charge in [0.1, 0.15) is 0 Å². The minimum atomic E-state index is 0.273. The van der Waals surface area contributed by atoms with Crippen LogP contribution in [-0.2, 0) is 17.2 Å². The van der Waals surface area contributed by atoms with E-state index in [9.17, 15) is 0 Å². The molecule has 0 atom stereocenters. The van der Waals surface area contributed by atoms with Gasteiger partial charge in [-0.25, -0.2) is 0 Å². The number of nitrogens with zero attached hydrogens (tertiary/aromatic N) is 2. The van der Waals surface area contributed by atoms with E-state index in [1.165, 1.54) is 0 Å². The molecule has 3 nitrogen and oxygen atoms in total. The molecule has 0 saturated heterocycles. The molecule has 1 aromatic rings. The van der Waals surface area contributed by atoms with Gasteiger partial charge in [-0.2, -0.15) is 5.10 Å². The van der Waals surface area contributed by atoms with Gasteiger partial charge in [0.2, 0.25) is 0 Å². The third-order valence-corrected chi connectivity index (χ3v) is 2.69. The average Bonchev–Trinajstić information content (AvgIpc) is 2.41. The number of ether oxygens (including phenoxy) is 1. The topological polar surface area (TPSA) is 27.1 Å². The molecule has 15 heavy (non-hydrogen) atoms. The minimum Gasteiger partial charge on any atom is -0.377 e. The van der Waals surface area contributed by atoms with Crippen LogP contribution in [0, 0.1) is 13.8 Å². The van der Waals surface area contributed by atoms with Gasteiger partial charge in [-0.05, 0) is 27.7 Å². The van der Waals surface area contributed by atoms with Crippen molar-refractivity contribution >= 4 is 11.6 Å². The molecule has 0 aromatic carbocycles. The Morgan fingerprint density at radius 2 is 2.07 bits per heavy atom. The molecule has 1 heterocycles. The zero-order valence-corrected chi connectivity index (χ0v) is 10.6. The highest BCUT2D eigenvalue weighted by Gasteiger charge is 2.09. The Hall–Kier alpha value is -0.540.